The number of benzene rings is 1. The van der Waals surface area contributed by atoms with Gasteiger partial charge in [-0.1, -0.05) is 31.2 Å². The van der Waals surface area contributed by atoms with E-state index < -0.39 is 0 Å². The van der Waals surface area contributed by atoms with Crippen LogP contribution in [0.15, 0.2) is 53.7 Å². The van der Waals surface area contributed by atoms with E-state index in [0.717, 1.165) is 17.7 Å². The lowest BCUT2D eigenvalue weighted by Crippen LogP contribution is -2.16. The van der Waals surface area contributed by atoms with Crippen molar-refractivity contribution < 1.29 is 0 Å². The number of aryl methyl sites for hydroxylation is 2. The van der Waals surface area contributed by atoms with E-state index in [-0.39, 0.29) is 5.43 Å². The Morgan fingerprint density at radius 2 is 2.00 bits per heavy atom. The van der Waals surface area contributed by atoms with Gasteiger partial charge in [-0.2, -0.15) is 10.2 Å². The number of aromatic nitrogens is 4. The summed E-state index contributed by atoms with van der Waals surface area (Å²) >= 11 is 0. The highest BCUT2D eigenvalue weighted by molar-refractivity contribution is 5.28. The summed E-state index contributed by atoms with van der Waals surface area (Å²) in [7, 11) is 1.85. The first-order valence-electron chi connectivity index (χ1n) is 7.31. The predicted molar refractivity (Wildman–Crippen MR) is 85.2 cm³/mol. The van der Waals surface area contributed by atoms with Crippen LogP contribution in [0.2, 0.25) is 0 Å². The molecule has 0 fully saturated rings. The quantitative estimate of drug-likeness (QED) is 0.740. The molecule has 22 heavy (non-hydrogen) atoms. The van der Waals surface area contributed by atoms with Crippen molar-refractivity contribution in [3.8, 4) is 5.69 Å². The Hall–Kier alpha value is -2.69. The highest BCUT2D eigenvalue weighted by Crippen LogP contribution is 2.10. The van der Waals surface area contributed by atoms with Crippen LogP contribution in [0.25, 0.3) is 5.69 Å². The molecule has 0 saturated heterocycles. The van der Waals surface area contributed by atoms with Gasteiger partial charge in [0.1, 0.15) is 11.4 Å². The van der Waals surface area contributed by atoms with Crippen molar-refractivity contribution in [1.82, 2.24) is 19.6 Å². The van der Waals surface area contributed by atoms with Crippen molar-refractivity contribution in [3.05, 3.63) is 76.0 Å². The maximum absolute atomic E-state index is 12.1. The molecule has 0 atom stereocenters. The van der Waals surface area contributed by atoms with Crippen LogP contribution >= 0.6 is 0 Å². The number of hydrogen-bond acceptors (Lipinski definition) is 3. The van der Waals surface area contributed by atoms with Crippen LogP contribution in [-0.2, 0) is 19.9 Å². The minimum absolute atomic E-state index is 0.0398. The minimum Gasteiger partial charge on any atom is -0.288 e. The molecule has 0 radical (unpaired) electrons. The zero-order valence-electron chi connectivity index (χ0n) is 12.7. The smallest absolute Gasteiger partial charge is 0.203 e. The molecule has 0 saturated carbocycles. The van der Waals surface area contributed by atoms with E-state index in [9.17, 15) is 4.79 Å². The molecule has 0 spiro atoms. The van der Waals surface area contributed by atoms with Gasteiger partial charge in [0.2, 0.25) is 5.43 Å². The summed E-state index contributed by atoms with van der Waals surface area (Å²) < 4.78 is 3.40. The Labute approximate surface area is 128 Å². The second-order valence-electron chi connectivity index (χ2n) is 5.29. The summed E-state index contributed by atoms with van der Waals surface area (Å²) in [5, 5.41) is 8.59. The first-order valence-corrected chi connectivity index (χ1v) is 7.31. The summed E-state index contributed by atoms with van der Waals surface area (Å²) in [5.74, 6) is 0. The molecule has 0 aliphatic rings. The molecule has 0 aliphatic heterocycles. The van der Waals surface area contributed by atoms with Crippen molar-refractivity contribution in [1.29, 1.82) is 0 Å². The fourth-order valence-corrected chi connectivity index (χ4v) is 2.39. The number of rotatable bonds is 4. The summed E-state index contributed by atoms with van der Waals surface area (Å²) in [6.07, 6.45) is 6.77. The molecule has 0 N–H and O–H groups in total. The lowest BCUT2D eigenvalue weighted by Gasteiger charge is -2.06. The van der Waals surface area contributed by atoms with E-state index in [1.807, 2.05) is 25.4 Å². The largest absolute Gasteiger partial charge is 0.288 e. The first-order chi connectivity index (χ1) is 10.7. The van der Waals surface area contributed by atoms with Crippen LogP contribution in [0, 0.1) is 0 Å². The van der Waals surface area contributed by atoms with E-state index >= 15 is 0 Å². The number of hydrogen-bond donors (Lipinski definition) is 0. The third-order valence-electron chi connectivity index (χ3n) is 3.61. The van der Waals surface area contributed by atoms with Crippen molar-refractivity contribution >= 4 is 0 Å². The summed E-state index contributed by atoms with van der Waals surface area (Å²) in [4.78, 5) is 12.1. The molecule has 2 heterocycles. The van der Waals surface area contributed by atoms with Gasteiger partial charge in [0.05, 0.1) is 12.4 Å². The van der Waals surface area contributed by atoms with E-state index in [2.05, 4.69) is 29.3 Å². The van der Waals surface area contributed by atoms with Gasteiger partial charge in [-0.05, 0) is 17.5 Å². The lowest BCUT2D eigenvalue weighted by molar-refractivity contribution is 0.762. The standard InChI is InChI=1S/C17H18N4O/c1-3-13-5-4-6-14(9-13)10-16-17(22)7-8-21(19-16)15-11-18-20(2)12-15/h4-9,11-12H,3,10H2,1-2H3. The van der Waals surface area contributed by atoms with E-state index in [1.165, 1.54) is 5.56 Å². The zero-order valence-corrected chi connectivity index (χ0v) is 12.7. The van der Waals surface area contributed by atoms with Crippen LogP contribution in [-0.4, -0.2) is 19.6 Å². The first kappa shape index (κ1) is 14.3. The average molecular weight is 294 g/mol. The Kier molecular flexibility index (Phi) is 3.87. The normalized spacial score (nSPS) is 10.8. The van der Waals surface area contributed by atoms with Crippen LogP contribution in [0.1, 0.15) is 23.7 Å². The molecule has 0 bridgehead atoms. The maximum atomic E-state index is 12.1. The topological polar surface area (TPSA) is 52.7 Å². The highest BCUT2D eigenvalue weighted by Gasteiger charge is 2.07. The average Bonchev–Trinajstić information content (AvgIpc) is 2.96. The van der Waals surface area contributed by atoms with Gasteiger partial charge < -0.3 is 0 Å². The number of nitrogens with zero attached hydrogens (tertiary/aromatic N) is 4. The molecule has 2 aromatic heterocycles. The third-order valence-corrected chi connectivity index (χ3v) is 3.61. The predicted octanol–water partition coefficient (Wildman–Crippen LogP) is 2.12. The summed E-state index contributed by atoms with van der Waals surface area (Å²) in [6, 6.07) is 9.83. The monoisotopic (exact) mass is 294 g/mol. The van der Waals surface area contributed by atoms with Crippen molar-refractivity contribution in [2.45, 2.75) is 19.8 Å². The molecule has 0 amide bonds. The van der Waals surface area contributed by atoms with Crippen molar-refractivity contribution in [2.75, 3.05) is 0 Å². The fourth-order valence-electron chi connectivity index (χ4n) is 2.39. The van der Waals surface area contributed by atoms with Crippen LogP contribution in [0.4, 0.5) is 0 Å². The van der Waals surface area contributed by atoms with Gasteiger partial charge >= 0.3 is 0 Å². The van der Waals surface area contributed by atoms with Crippen molar-refractivity contribution in [3.63, 3.8) is 0 Å². The molecular formula is C17H18N4O. The van der Waals surface area contributed by atoms with Gasteiger partial charge in [0.25, 0.3) is 0 Å². The van der Waals surface area contributed by atoms with Crippen molar-refractivity contribution in [2.24, 2.45) is 7.05 Å². The Morgan fingerprint density at radius 3 is 2.73 bits per heavy atom. The van der Waals surface area contributed by atoms with E-state index in [4.69, 9.17) is 0 Å². The summed E-state index contributed by atoms with van der Waals surface area (Å²) in [5.41, 5.74) is 3.71. The van der Waals surface area contributed by atoms with Crippen LogP contribution < -0.4 is 5.43 Å². The Bertz CT molecular complexity index is 848. The molecule has 3 aromatic rings. The molecule has 3 rings (SSSR count). The molecule has 5 heteroatoms. The second-order valence-corrected chi connectivity index (χ2v) is 5.29. The van der Waals surface area contributed by atoms with E-state index in [1.54, 1.807) is 27.8 Å². The zero-order chi connectivity index (χ0) is 15.5. The SMILES string of the molecule is CCc1cccc(Cc2nn(-c3cnn(C)c3)ccc2=O)c1. The van der Waals surface area contributed by atoms with Gasteiger partial charge in [0.15, 0.2) is 0 Å². The third kappa shape index (κ3) is 2.98. The Balaban J connectivity index is 1.94. The van der Waals surface area contributed by atoms with Gasteiger partial charge in [0, 0.05) is 25.7 Å². The molecule has 5 nitrogen and oxygen atoms in total. The summed E-state index contributed by atoms with van der Waals surface area (Å²) in [6.45, 7) is 2.12. The lowest BCUT2D eigenvalue weighted by atomic mass is 10.0. The molecular weight excluding hydrogens is 276 g/mol. The molecule has 0 aliphatic carbocycles. The van der Waals surface area contributed by atoms with Crippen LogP contribution in [0.5, 0.6) is 0 Å². The maximum Gasteiger partial charge on any atom is 0.203 e. The molecule has 0 unspecified atom stereocenters. The van der Waals surface area contributed by atoms with Gasteiger partial charge in [-0.15, -0.1) is 0 Å². The molecule has 1 aromatic carbocycles. The Morgan fingerprint density at radius 1 is 1.18 bits per heavy atom. The fraction of sp³-hybridized carbons (Fsp3) is 0.235. The second kappa shape index (κ2) is 5.97. The van der Waals surface area contributed by atoms with Gasteiger partial charge in [-0.25, -0.2) is 4.68 Å². The molecule has 112 valence electrons. The van der Waals surface area contributed by atoms with Gasteiger partial charge in [-0.3, -0.25) is 9.48 Å². The van der Waals surface area contributed by atoms with Crippen LogP contribution in [0.3, 0.4) is 0 Å². The minimum atomic E-state index is -0.0398. The van der Waals surface area contributed by atoms with E-state index in [0.29, 0.717) is 12.1 Å². The highest BCUT2D eigenvalue weighted by atomic mass is 16.1.